The second-order valence-electron chi connectivity index (χ2n) is 5.93. The SMILES string of the molecule is c1ccccc1.c1ccncc1.c1ccncc1.c1ccncc1.c1ccsc1.c1cncnc1. The number of nitrogens with zero attached hydrogens (tertiary/aromatic N) is 5. The molecular weight excluding hydrogens is 450 g/mol. The highest BCUT2D eigenvalue weighted by Gasteiger charge is 1.61. The number of pyridine rings is 3. The van der Waals surface area contributed by atoms with Crippen molar-refractivity contribution in [2.45, 2.75) is 0 Å². The van der Waals surface area contributed by atoms with E-state index in [1.807, 2.05) is 114 Å². The summed E-state index contributed by atoms with van der Waals surface area (Å²) in [5.41, 5.74) is 0. The number of thiophene rings is 1. The molecular formula is C29H29N5S. The maximum atomic E-state index is 3.78. The van der Waals surface area contributed by atoms with Crippen LogP contribution in [0.3, 0.4) is 0 Å². The first-order chi connectivity index (χ1) is 17.5. The van der Waals surface area contributed by atoms with Crippen LogP contribution in [0.5, 0.6) is 0 Å². The summed E-state index contributed by atoms with van der Waals surface area (Å²) in [6.07, 6.45) is 15.4. The van der Waals surface area contributed by atoms with Gasteiger partial charge in [0.2, 0.25) is 0 Å². The molecule has 6 aromatic rings. The average molecular weight is 480 g/mol. The molecule has 0 saturated carbocycles. The summed E-state index contributed by atoms with van der Waals surface area (Å²) in [5, 5.41) is 4.08. The molecule has 0 aliphatic heterocycles. The van der Waals surface area contributed by atoms with Crippen molar-refractivity contribution < 1.29 is 0 Å². The second kappa shape index (κ2) is 25.7. The zero-order valence-corrected chi connectivity index (χ0v) is 20.2. The minimum atomic E-state index is 1.50. The zero-order chi connectivity index (χ0) is 24.7. The normalized spacial score (nSPS) is 8.00. The zero-order valence-electron chi connectivity index (χ0n) is 19.4. The van der Waals surface area contributed by atoms with E-state index in [1.54, 1.807) is 67.0 Å². The van der Waals surface area contributed by atoms with E-state index < -0.39 is 0 Å². The van der Waals surface area contributed by atoms with Crippen molar-refractivity contribution in [3.63, 3.8) is 0 Å². The molecule has 0 bridgehead atoms. The summed E-state index contributed by atoms with van der Waals surface area (Å²) >= 11 is 1.71. The third kappa shape index (κ3) is 23.9. The van der Waals surface area contributed by atoms with E-state index in [1.165, 1.54) is 6.33 Å². The maximum absolute atomic E-state index is 3.78. The highest BCUT2D eigenvalue weighted by Crippen LogP contribution is 1.91. The number of hydrogen-bond acceptors (Lipinski definition) is 6. The van der Waals surface area contributed by atoms with E-state index in [-0.39, 0.29) is 0 Å². The molecule has 0 fully saturated rings. The van der Waals surface area contributed by atoms with Gasteiger partial charge >= 0.3 is 0 Å². The smallest absolute Gasteiger partial charge is 0.115 e. The molecule has 6 rings (SSSR count). The van der Waals surface area contributed by atoms with Crippen LogP contribution in [0.4, 0.5) is 0 Å². The van der Waals surface area contributed by atoms with Gasteiger partial charge in [0, 0.05) is 49.6 Å². The maximum Gasteiger partial charge on any atom is 0.115 e. The molecule has 0 N–H and O–H groups in total. The predicted octanol–water partition coefficient (Wildman–Crippen LogP) is 7.16. The summed E-state index contributed by atoms with van der Waals surface area (Å²) in [6, 6.07) is 35.0. The minimum absolute atomic E-state index is 1.50. The van der Waals surface area contributed by atoms with Gasteiger partial charge in [-0.05, 0) is 53.2 Å². The van der Waals surface area contributed by atoms with Crippen LogP contribution in [-0.4, -0.2) is 24.9 Å². The first-order valence-electron chi connectivity index (χ1n) is 10.7. The van der Waals surface area contributed by atoms with Crippen LogP contribution in [0.25, 0.3) is 0 Å². The van der Waals surface area contributed by atoms with E-state index in [4.69, 9.17) is 0 Å². The Balaban J connectivity index is 0.000000210. The van der Waals surface area contributed by atoms with Gasteiger partial charge in [0.15, 0.2) is 0 Å². The summed E-state index contributed by atoms with van der Waals surface area (Å²) < 4.78 is 0. The predicted molar refractivity (Wildman–Crippen MR) is 146 cm³/mol. The van der Waals surface area contributed by atoms with Crippen LogP contribution >= 0.6 is 11.3 Å². The fourth-order valence-corrected chi connectivity index (χ4v) is 2.26. The molecule has 0 saturated heterocycles. The molecule has 35 heavy (non-hydrogen) atoms. The van der Waals surface area contributed by atoms with E-state index in [0.29, 0.717) is 0 Å². The minimum Gasteiger partial charge on any atom is -0.265 e. The molecule has 0 unspecified atom stereocenters. The standard InChI is InChI=1S/C6H6.3C5H5N.C4H4N2.C4H4S/c4*1-2-4-6-5-3-1;1-2-5-4-6-3-1;1-2-4-5-3-1/h1-6H;3*1-5H;1-4H;1-4H. The van der Waals surface area contributed by atoms with Crippen LogP contribution in [0.2, 0.25) is 0 Å². The van der Waals surface area contributed by atoms with E-state index in [2.05, 4.69) is 24.9 Å². The van der Waals surface area contributed by atoms with Gasteiger partial charge in [0.1, 0.15) is 6.33 Å². The van der Waals surface area contributed by atoms with Crippen LogP contribution in [0.1, 0.15) is 0 Å². The number of rotatable bonds is 0. The van der Waals surface area contributed by atoms with Crippen molar-refractivity contribution in [2.75, 3.05) is 0 Å². The van der Waals surface area contributed by atoms with Gasteiger partial charge in [-0.25, -0.2) is 9.97 Å². The molecule has 0 atom stereocenters. The van der Waals surface area contributed by atoms with Crippen LogP contribution in [-0.2, 0) is 0 Å². The van der Waals surface area contributed by atoms with Crippen molar-refractivity contribution in [1.29, 1.82) is 0 Å². The Hall–Kier alpha value is -4.55. The average Bonchev–Trinajstić information content (AvgIpc) is 3.60. The van der Waals surface area contributed by atoms with Gasteiger partial charge in [-0.3, -0.25) is 15.0 Å². The highest BCUT2D eigenvalue weighted by atomic mass is 32.1. The molecule has 0 radical (unpaired) electrons. The van der Waals surface area contributed by atoms with Crippen LogP contribution < -0.4 is 0 Å². The van der Waals surface area contributed by atoms with Crippen molar-refractivity contribution >= 4 is 11.3 Å². The molecule has 176 valence electrons. The largest absolute Gasteiger partial charge is 0.265 e. The van der Waals surface area contributed by atoms with Gasteiger partial charge in [-0.15, -0.1) is 0 Å². The Morgan fingerprint density at radius 1 is 0.257 bits per heavy atom. The lowest BCUT2D eigenvalue weighted by Gasteiger charge is -1.70. The third-order valence-electron chi connectivity index (χ3n) is 3.27. The van der Waals surface area contributed by atoms with Crippen molar-refractivity contribution in [3.05, 3.63) is 176 Å². The monoisotopic (exact) mass is 479 g/mol. The first kappa shape index (κ1) is 28.5. The topological polar surface area (TPSA) is 64.5 Å². The summed E-state index contributed by atoms with van der Waals surface area (Å²) in [5.74, 6) is 0. The van der Waals surface area contributed by atoms with E-state index in [9.17, 15) is 0 Å². The van der Waals surface area contributed by atoms with Crippen molar-refractivity contribution in [3.8, 4) is 0 Å². The lowest BCUT2D eigenvalue weighted by molar-refractivity contribution is 1.17. The van der Waals surface area contributed by atoms with E-state index in [0.717, 1.165) is 0 Å². The Morgan fingerprint density at radius 3 is 0.657 bits per heavy atom. The van der Waals surface area contributed by atoms with Gasteiger partial charge in [-0.2, -0.15) is 11.3 Å². The van der Waals surface area contributed by atoms with Crippen molar-refractivity contribution in [1.82, 2.24) is 24.9 Å². The number of benzene rings is 1. The van der Waals surface area contributed by atoms with Crippen LogP contribution in [0, 0.1) is 0 Å². The van der Waals surface area contributed by atoms with Crippen molar-refractivity contribution in [2.24, 2.45) is 0 Å². The number of hydrogen-bond donors (Lipinski definition) is 0. The third-order valence-corrected chi connectivity index (χ3v) is 3.90. The first-order valence-corrected chi connectivity index (χ1v) is 11.7. The van der Waals surface area contributed by atoms with Crippen LogP contribution in [0.15, 0.2) is 176 Å². The molecule has 5 aromatic heterocycles. The Morgan fingerprint density at radius 2 is 0.543 bits per heavy atom. The fraction of sp³-hybridized carbons (Fsp3) is 0. The molecule has 0 spiro atoms. The molecule has 5 heterocycles. The highest BCUT2D eigenvalue weighted by molar-refractivity contribution is 7.07. The summed E-state index contributed by atoms with van der Waals surface area (Å²) in [4.78, 5) is 18.7. The quantitative estimate of drug-likeness (QED) is 0.231. The van der Waals surface area contributed by atoms with Gasteiger partial charge in [0.25, 0.3) is 0 Å². The van der Waals surface area contributed by atoms with Gasteiger partial charge < -0.3 is 0 Å². The number of aromatic nitrogens is 5. The summed E-state index contributed by atoms with van der Waals surface area (Å²) in [7, 11) is 0. The molecule has 5 nitrogen and oxygen atoms in total. The lowest BCUT2D eigenvalue weighted by atomic mass is 10.4. The Bertz CT molecular complexity index is 735. The molecule has 6 heteroatoms. The fourth-order valence-electron chi connectivity index (χ4n) is 1.80. The lowest BCUT2D eigenvalue weighted by Crippen LogP contribution is -1.66. The molecule has 1 aromatic carbocycles. The Labute approximate surface area is 211 Å². The van der Waals surface area contributed by atoms with Gasteiger partial charge in [0.05, 0.1) is 0 Å². The second-order valence-corrected chi connectivity index (χ2v) is 6.74. The molecule has 0 amide bonds. The Kier molecular flexibility index (Phi) is 20.9. The van der Waals surface area contributed by atoms with E-state index >= 15 is 0 Å². The molecule has 0 aliphatic carbocycles. The van der Waals surface area contributed by atoms with Gasteiger partial charge in [-0.1, -0.05) is 66.7 Å². The summed E-state index contributed by atoms with van der Waals surface area (Å²) in [6.45, 7) is 0. The molecule has 0 aliphatic rings.